The largest absolute Gasteiger partial charge is 0.483 e. The number of aromatic amines is 1. The lowest BCUT2D eigenvalue weighted by Crippen LogP contribution is -2.04. The van der Waals surface area contributed by atoms with Gasteiger partial charge in [-0.25, -0.2) is 4.98 Å². The summed E-state index contributed by atoms with van der Waals surface area (Å²) in [6.07, 6.45) is 3.34. The maximum absolute atomic E-state index is 5.82. The van der Waals surface area contributed by atoms with Crippen molar-refractivity contribution in [2.24, 2.45) is 0 Å². The Bertz CT molecular complexity index is 692. The minimum absolute atomic E-state index is 0.138. The first-order chi connectivity index (χ1) is 10.3. The van der Waals surface area contributed by atoms with E-state index in [2.05, 4.69) is 15.1 Å². The fraction of sp³-hybridized carbons (Fsp3) is 0.200. The van der Waals surface area contributed by atoms with Crippen LogP contribution in [0.2, 0.25) is 0 Å². The van der Waals surface area contributed by atoms with E-state index in [9.17, 15) is 0 Å². The van der Waals surface area contributed by atoms with Crippen LogP contribution in [-0.4, -0.2) is 15.1 Å². The molecule has 6 heteroatoms. The van der Waals surface area contributed by atoms with Gasteiger partial charge in [0.1, 0.15) is 17.3 Å². The van der Waals surface area contributed by atoms with E-state index < -0.39 is 0 Å². The summed E-state index contributed by atoms with van der Waals surface area (Å²) in [6.45, 7) is 1.94. The SMILES string of the molecule is CC(Oc1ccc(-c2cc(CCl)on2)cc1)c1ncc[nH]1. The molecule has 0 amide bonds. The lowest BCUT2D eigenvalue weighted by molar-refractivity contribution is 0.217. The van der Waals surface area contributed by atoms with E-state index in [-0.39, 0.29) is 6.10 Å². The number of nitrogens with one attached hydrogen (secondary N) is 1. The number of nitrogens with zero attached hydrogens (tertiary/aromatic N) is 2. The molecular formula is C15H14ClN3O2. The molecule has 0 aliphatic carbocycles. The molecule has 108 valence electrons. The third-order valence-corrected chi connectivity index (χ3v) is 3.32. The average Bonchev–Trinajstić information content (AvgIpc) is 3.19. The molecule has 0 radical (unpaired) electrons. The zero-order valence-corrected chi connectivity index (χ0v) is 12.2. The van der Waals surface area contributed by atoms with Crippen LogP contribution in [0.5, 0.6) is 5.75 Å². The van der Waals surface area contributed by atoms with Gasteiger partial charge in [-0.05, 0) is 31.2 Å². The highest BCUT2D eigenvalue weighted by Gasteiger charge is 2.10. The molecule has 0 saturated heterocycles. The minimum Gasteiger partial charge on any atom is -0.483 e. The number of rotatable bonds is 5. The Morgan fingerprint density at radius 3 is 2.76 bits per heavy atom. The summed E-state index contributed by atoms with van der Waals surface area (Å²) < 4.78 is 10.9. The zero-order valence-electron chi connectivity index (χ0n) is 11.4. The number of hydrogen-bond donors (Lipinski definition) is 1. The fourth-order valence-electron chi connectivity index (χ4n) is 1.98. The number of benzene rings is 1. The van der Waals surface area contributed by atoms with Gasteiger partial charge in [-0.3, -0.25) is 0 Å². The minimum atomic E-state index is -0.138. The van der Waals surface area contributed by atoms with Gasteiger partial charge in [-0.15, -0.1) is 11.6 Å². The lowest BCUT2D eigenvalue weighted by Gasteiger charge is -2.12. The number of aromatic nitrogens is 3. The molecule has 5 nitrogen and oxygen atoms in total. The summed E-state index contributed by atoms with van der Waals surface area (Å²) in [5, 5.41) is 3.97. The van der Waals surface area contributed by atoms with Gasteiger partial charge >= 0.3 is 0 Å². The second-order valence-electron chi connectivity index (χ2n) is 4.57. The predicted molar refractivity (Wildman–Crippen MR) is 79.1 cm³/mol. The molecule has 0 aliphatic rings. The van der Waals surface area contributed by atoms with E-state index in [0.717, 1.165) is 22.8 Å². The van der Waals surface area contributed by atoms with Gasteiger partial charge in [0.05, 0.1) is 5.88 Å². The van der Waals surface area contributed by atoms with E-state index in [1.165, 1.54) is 0 Å². The summed E-state index contributed by atoms with van der Waals surface area (Å²) in [5.74, 6) is 2.53. The van der Waals surface area contributed by atoms with Crippen molar-refractivity contribution < 1.29 is 9.26 Å². The van der Waals surface area contributed by atoms with Crippen LogP contribution in [0.25, 0.3) is 11.3 Å². The normalized spacial score (nSPS) is 12.3. The second kappa shape index (κ2) is 6.01. The molecule has 1 atom stereocenters. The van der Waals surface area contributed by atoms with Crippen molar-refractivity contribution in [3.05, 3.63) is 54.3 Å². The zero-order chi connectivity index (χ0) is 14.7. The predicted octanol–water partition coefficient (Wildman–Crippen LogP) is 3.94. The van der Waals surface area contributed by atoms with E-state index in [4.69, 9.17) is 20.9 Å². The van der Waals surface area contributed by atoms with Gasteiger partial charge in [-0.2, -0.15) is 0 Å². The molecule has 1 N–H and O–H groups in total. The Morgan fingerprint density at radius 2 is 2.14 bits per heavy atom. The van der Waals surface area contributed by atoms with Crippen molar-refractivity contribution in [2.75, 3.05) is 0 Å². The summed E-state index contributed by atoms with van der Waals surface area (Å²) in [5.41, 5.74) is 1.71. The van der Waals surface area contributed by atoms with Gasteiger partial charge < -0.3 is 14.2 Å². The summed E-state index contributed by atoms with van der Waals surface area (Å²) >= 11 is 5.70. The second-order valence-corrected chi connectivity index (χ2v) is 4.84. The molecule has 2 heterocycles. The van der Waals surface area contributed by atoms with Crippen molar-refractivity contribution in [1.29, 1.82) is 0 Å². The maximum Gasteiger partial charge on any atom is 0.153 e. The smallest absolute Gasteiger partial charge is 0.153 e. The van der Waals surface area contributed by atoms with Crippen LogP contribution in [0.15, 0.2) is 47.2 Å². The van der Waals surface area contributed by atoms with E-state index >= 15 is 0 Å². The van der Waals surface area contributed by atoms with Crippen LogP contribution in [-0.2, 0) is 5.88 Å². The van der Waals surface area contributed by atoms with Gasteiger partial charge in [0.2, 0.25) is 0 Å². The molecule has 3 rings (SSSR count). The van der Waals surface area contributed by atoms with Crippen LogP contribution in [0.3, 0.4) is 0 Å². The Kier molecular flexibility index (Phi) is 3.92. The number of halogens is 1. The molecule has 0 saturated carbocycles. The van der Waals surface area contributed by atoms with Crippen molar-refractivity contribution in [3.63, 3.8) is 0 Å². The number of hydrogen-bond acceptors (Lipinski definition) is 4. The van der Waals surface area contributed by atoms with E-state index in [1.807, 2.05) is 37.3 Å². The number of alkyl halides is 1. The Balaban J connectivity index is 1.72. The van der Waals surface area contributed by atoms with Crippen molar-refractivity contribution in [2.45, 2.75) is 18.9 Å². The molecule has 0 fully saturated rings. The third-order valence-electron chi connectivity index (χ3n) is 3.06. The number of ether oxygens (including phenoxy) is 1. The van der Waals surface area contributed by atoms with Crippen LogP contribution >= 0.6 is 11.6 Å². The van der Waals surface area contributed by atoms with Crippen molar-refractivity contribution in [3.8, 4) is 17.0 Å². The van der Waals surface area contributed by atoms with E-state index in [0.29, 0.717) is 11.6 Å². The van der Waals surface area contributed by atoms with Crippen LogP contribution in [0.1, 0.15) is 24.6 Å². The van der Waals surface area contributed by atoms with Crippen LogP contribution in [0.4, 0.5) is 0 Å². The number of H-pyrrole nitrogens is 1. The molecule has 3 aromatic rings. The molecule has 0 spiro atoms. The Morgan fingerprint density at radius 1 is 1.33 bits per heavy atom. The van der Waals surface area contributed by atoms with Gasteiger partial charge in [0.25, 0.3) is 0 Å². The lowest BCUT2D eigenvalue weighted by atomic mass is 10.1. The van der Waals surface area contributed by atoms with E-state index in [1.54, 1.807) is 12.4 Å². The molecule has 0 aliphatic heterocycles. The fourth-order valence-corrected chi connectivity index (χ4v) is 2.10. The van der Waals surface area contributed by atoms with Crippen molar-refractivity contribution >= 4 is 11.6 Å². The van der Waals surface area contributed by atoms with Crippen LogP contribution in [0, 0.1) is 0 Å². The quantitative estimate of drug-likeness (QED) is 0.725. The Labute approximate surface area is 126 Å². The first kappa shape index (κ1) is 13.7. The van der Waals surface area contributed by atoms with Crippen molar-refractivity contribution in [1.82, 2.24) is 15.1 Å². The average molecular weight is 304 g/mol. The van der Waals surface area contributed by atoms with Crippen LogP contribution < -0.4 is 4.74 Å². The molecular weight excluding hydrogens is 290 g/mol. The highest BCUT2D eigenvalue weighted by Crippen LogP contribution is 2.25. The highest BCUT2D eigenvalue weighted by atomic mass is 35.5. The third kappa shape index (κ3) is 3.08. The Hall–Kier alpha value is -2.27. The molecule has 1 aromatic carbocycles. The monoisotopic (exact) mass is 303 g/mol. The van der Waals surface area contributed by atoms with Gasteiger partial charge in [0, 0.05) is 24.0 Å². The summed E-state index contributed by atoms with van der Waals surface area (Å²) in [6, 6.07) is 9.47. The molecule has 1 unspecified atom stereocenters. The van der Waals surface area contributed by atoms with Gasteiger partial charge in [0.15, 0.2) is 11.9 Å². The maximum atomic E-state index is 5.82. The highest BCUT2D eigenvalue weighted by molar-refractivity contribution is 6.16. The summed E-state index contributed by atoms with van der Waals surface area (Å²) in [4.78, 5) is 7.21. The molecule has 2 aromatic heterocycles. The molecule has 21 heavy (non-hydrogen) atoms. The first-order valence-electron chi connectivity index (χ1n) is 6.54. The number of imidazole rings is 1. The van der Waals surface area contributed by atoms with Gasteiger partial charge in [-0.1, -0.05) is 5.16 Å². The summed E-state index contributed by atoms with van der Waals surface area (Å²) in [7, 11) is 0. The first-order valence-corrected chi connectivity index (χ1v) is 7.07. The standard InChI is InChI=1S/C15H14ClN3O2/c1-10(15-17-6-7-18-15)20-12-4-2-11(3-5-12)14-8-13(9-16)21-19-14/h2-8,10H,9H2,1H3,(H,17,18). The topological polar surface area (TPSA) is 63.9 Å². The molecule has 0 bridgehead atoms.